The summed E-state index contributed by atoms with van der Waals surface area (Å²) in [5, 5.41) is 3.13. The van der Waals surface area contributed by atoms with E-state index in [2.05, 4.69) is 5.32 Å². The zero-order chi connectivity index (χ0) is 15.4. The lowest BCUT2D eigenvalue weighted by Gasteiger charge is -2.32. The fraction of sp³-hybridized carbons (Fsp3) is 0.611. The van der Waals surface area contributed by atoms with Crippen LogP contribution >= 0.6 is 0 Å². The number of nitrogens with one attached hydrogen (secondary N) is 1. The van der Waals surface area contributed by atoms with Crippen molar-refractivity contribution < 1.29 is 14.3 Å². The second kappa shape index (κ2) is 6.69. The maximum absolute atomic E-state index is 12.3. The number of amides is 1. The molecule has 4 nitrogen and oxygen atoms in total. The first-order chi connectivity index (χ1) is 10.7. The Balaban J connectivity index is 1.54. The summed E-state index contributed by atoms with van der Waals surface area (Å²) < 4.78 is 11.4. The predicted octanol–water partition coefficient (Wildman–Crippen LogP) is 2.85. The molecule has 1 aromatic carbocycles. The SMILES string of the molecule is COc1ccccc1CC(=O)N[C@H]1COC2(CCCCC2)C1. The minimum atomic E-state index is 0.0423. The molecule has 0 aromatic heterocycles. The van der Waals surface area contributed by atoms with Crippen molar-refractivity contribution in [2.75, 3.05) is 13.7 Å². The van der Waals surface area contributed by atoms with Crippen LogP contribution in [0.15, 0.2) is 24.3 Å². The number of hydrogen-bond acceptors (Lipinski definition) is 3. The Morgan fingerprint density at radius 2 is 2.09 bits per heavy atom. The molecule has 1 atom stereocenters. The molecular weight excluding hydrogens is 278 g/mol. The maximum atomic E-state index is 12.3. The zero-order valence-corrected chi connectivity index (χ0v) is 13.3. The molecular formula is C18H25NO3. The zero-order valence-electron chi connectivity index (χ0n) is 13.3. The van der Waals surface area contributed by atoms with Crippen LogP contribution in [0.2, 0.25) is 0 Å². The number of benzene rings is 1. The van der Waals surface area contributed by atoms with Crippen LogP contribution in [-0.2, 0) is 16.0 Å². The van der Waals surface area contributed by atoms with Crippen LogP contribution in [0.25, 0.3) is 0 Å². The van der Waals surface area contributed by atoms with Crippen molar-refractivity contribution >= 4 is 5.91 Å². The Morgan fingerprint density at radius 1 is 1.32 bits per heavy atom. The maximum Gasteiger partial charge on any atom is 0.224 e. The van der Waals surface area contributed by atoms with Gasteiger partial charge in [-0.3, -0.25) is 4.79 Å². The minimum Gasteiger partial charge on any atom is -0.496 e. The molecule has 22 heavy (non-hydrogen) atoms. The highest BCUT2D eigenvalue weighted by Crippen LogP contribution is 2.39. The van der Waals surface area contributed by atoms with Crippen molar-refractivity contribution in [2.45, 2.75) is 56.6 Å². The van der Waals surface area contributed by atoms with Gasteiger partial charge in [0, 0.05) is 5.56 Å². The van der Waals surface area contributed by atoms with E-state index < -0.39 is 0 Å². The standard InChI is InChI=1S/C18H25NO3/c1-21-16-8-4-3-7-14(16)11-17(20)19-15-12-18(22-13-15)9-5-2-6-10-18/h3-4,7-8,15H,2,5-6,9-13H2,1H3,(H,19,20)/t15-/m1/s1. The second-order valence-corrected chi connectivity index (χ2v) is 6.51. The summed E-state index contributed by atoms with van der Waals surface area (Å²) in [6.45, 7) is 0.650. The highest BCUT2D eigenvalue weighted by molar-refractivity contribution is 5.79. The van der Waals surface area contributed by atoms with Gasteiger partial charge in [-0.05, 0) is 25.3 Å². The van der Waals surface area contributed by atoms with E-state index in [0.717, 1.165) is 30.6 Å². The summed E-state index contributed by atoms with van der Waals surface area (Å²) in [7, 11) is 1.63. The number of hydrogen-bond donors (Lipinski definition) is 1. The number of ether oxygens (including phenoxy) is 2. The van der Waals surface area contributed by atoms with E-state index in [4.69, 9.17) is 9.47 Å². The fourth-order valence-electron chi connectivity index (χ4n) is 3.78. The van der Waals surface area contributed by atoms with Gasteiger partial charge in [0.05, 0.1) is 31.8 Å². The van der Waals surface area contributed by atoms with E-state index >= 15 is 0 Å². The second-order valence-electron chi connectivity index (χ2n) is 6.51. The number of para-hydroxylation sites is 1. The molecule has 1 saturated heterocycles. The van der Waals surface area contributed by atoms with Crippen LogP contribution in [0, 0.1) is 0 Å². The Morgan fingerprint density at radius 3 is 2.86 bits per heavy atom. The Labute approximate surface area is 132 Å². The van der Waals surface area contributed by atoms with Gasteiger partial charge in [0.15, 0.2) is 0 Å². The number of carbonyl (C=O) groups excluding carboxylic acids is 1. The molecule has 1 saturated carbocycles. The largest absolute Gasteiger partial charge is 0.496 e. The Hall–Kier alpha value is -1.55. The molecule has 1 aromatic rings. The van der Waals surface area contributed by atoms with E-state index in [-0.39, 0.29) is 17.6 Å². The first-order valence-corrected chi connectivity index (χ1v) is 8.26. The molecule has 1 N–H and O–H groups in total. The highest BCUT2D eigenvalue weighted by Gasteiger charge is 2.41. The average molecular weight is 303 g/mol. The van der Waals surface area contributed by atoms with Crippen LogP contribution in [0.1, 0.15) is 44.1 Å². The molecule has 2 fully saturated rings. The lowest BCUT2D eigenvalue weighted by molar-refractivity contribution is -0.121. The van der Waals surface area contributed by atoms with Gasteiger partial charge in [-0.15, -0.1) is 0 Å². The van der Waals surface area contributed by atoms with Gasteiger partial charge in [-0.2, -0.15) is 0 Å². The van der Waals surface area contributed by atoms with Crippen molar-refractivity contribution in [1.82, 2.24) is 5.32 Å². The van der Waals surface area contributed by atoms with Gasteiger partial charge < -0.3 is 14.8 Å². The average Bonchev–Trinajstić information content (AvgIpc) is 2.90. The molecule has 120 valence electrons. The normalized spacial score (nSPS) is 23.4. The van der Waals surface area contributed by atoms with Gasteiger partial charge in [0.2, 0.25) is 5.91 Å². The fourth-order valence-corrected chi connectivity index (χ4v) is 3.78. The molecule has 1 amide bonds. The van der Waals surface area contributed by atoms with Crippen LogP contribution < -0.4 is 10.1 Å². The third kappa shape index (κ3) is 3.43. The van der Waals surface area contributed by atoms with Crippen LogP contribution in [0.5, 0.6) is 5.75 Å². The molecule has 1 heterocycles. The smallest absolute Gasteiger partial charge is 0.224 e. The molecule has 1 aliphatic heterocycles. The summed E-state index contributed by atoms with van der Waals surface area (Å²) in [6, 6.07) is 7.82. The number of methoxy groups -OCH3 is 1. The lowest BCUT2D eigenvalue weighted by atomic mass is 9.82. The van der Waals surface area contributed by atoms with E-state index in [1.165, 1.54) is 19.3 Å². The predicted molar refractivity (Wildman–Crippen MR) is 85.0 cm³/mol. The van der Waals surface area contributed by atoms with E-state index in [1.807, 2.05) is 24.3 Å². The summed E-state index contributed by atoms with van der Waals surface area (Å²) in [5.41, 5.74) is 0.967. The van der Waals surface area contributed by atoms with Crippen LogP contribution in [0.4, 0.5) is 0 Å². The van der Waals surface area contributed by atoms with Gasteiger partial charge in [0.25, 0.3) is 0 Å². The quantitative estimate of drug-likeness (QED) is 0.930. The Bertz CT molecular complexity index is 523. The topological polar surface area (TPSA) is 47.6 Å². The van der Waals surface area contributed by atoms with Gasteiger partial charge in [0.1, 0.15) is 5.75 Å². The lowest BCUT2D eigenvalue weighted by Crippen LogP contribution is -2.38. The third-order valence-electron chi connectivity index (χ3n) is 4.88. The molecule has 1 aliphatic carbocycles. The van der Waals surface area contributed by atoms with Gasteiger partial charge in [-0.1, -0.05) is 37.5 Å². The molecule has 0 unspecified atom stereocenters. The van der Waals surface area contributed by atoms with Crippen LogP contribution in [-0.4, -0.2) is 31.3 Å². The Kier molecular flexibility index (Phi) is 4.67. The van der Waals surface area contributed by atoms with Gasteiger partial charge in [-0.25, -0.2) is 0 Å². The highest BCUT2D eigenvalue weighted by atomic mass is 16.5. The third-order valence-corrected chi connectivity index (χ3v) is 4.88. The van der Waals surface area contributed by atoms with Crippen molar-refractivity contribution in [1.29, 1.82) is 0 Å². The summed E-state index contributed by atoms with van der Waals surface area (Å²) in [6.07, 6.45) is 7.43. The summed E-state index contributed by atoms with van der Waals surface area (Å²) in [4.78, 5) is 12.3. The molecule has 0 bridgehead atoms. The molecule has 1 spiro atoms. The first kappa shape index (κ1) is 15.3. The molecule has 3 rings (SSSR count). The van der Waals surface area contributed by atoms with Gasteiger partial charge >= 0.3 is 0 Å². The summed E-state index contributed by atoms with van der Waals surface area (Å²) >= 11 is 0. The van der Waals surface area contributed by atoms with E-state index in [1.54, 1.807) is 7.11 Å². The number of carbonyl (C=O) groups is 1. The van der Waals surface area contributed by atoms with Crippen LogP contribution in [0.3, 0.4) is 0 Å². The van der Waals surface area contributed by atoms with E-state index in [9.17, 15) is 4.79 Å². The first-order valence-electron chi connectivity index (χ1n) is 8.26. The van der Waals surface area contributed by atoms with Crippen molar-refractivity contribution in [3.05, 3.63) is 29.8 Å². The minimum absolute atomic E-state index is 0.0423. The molecule has 0 radical (unpaired) electrons. The van der Waals surface area contributed by atoms with Crippen molar-refractivity contribution in [2.24, 2.45) is 0 Å². The molecule has 2 aliphatic rings. The van der Waals surface area contributed by atoms with Crippen molar-refractivity contribution in [3.8, 4) is 5.75 Å². The number of rotatable bonds is 4. The van der Waals surface area contributed by atoms with E-state index in [0.29, 0.717) is 13.0 Å². The monoisotopic (exact) mass is 303 g/mol. The van der Waals surface area contributed by atoms with Crippen molar-refractivity contribution in [3.63, 3.8) is 0 Å². The summed E-state index contributed by atoms with van der Waals surface area (Å²) in [5.74, 6) is 0.815. The molecule has 4 heteroatoms.